The van der Waals surface area contributed by atoms with E-state index < -0.39 is 5.97 Å². The highest BCUT2D eigenvalue weighted by atomic mass is 16.5. The van der Waals surface area contributed by atoms with Crippen LogP contribution in [-0.2, 0) is 11.2 Å². The minimum atomic E-state index is -0.775. The van der Waals surface area contributed by atoms with Gasteiger partial charge in [-0.1, -0.05) is 0 Å². The van der Waals surface area contributed by atoms with Gasteiger partial charge in [-0.25, -0.2) is 0 Å². The van der Waals surface area contributed by atoms with Crippen LogP contribution >= 0.6 is 0 Å². The maximum atomic E-state index is 10.5. The van der Waals surface area contributed by atoms with Crippen LogP contribution in [0.2, 0.25) is 0 Å². The molecule has 0 amide bonds. The van der Waals surface area contributed by atoms with E-state index >= 15 is 0 Å². The SMILES string of the molecule is CCOc1cc2c(cc1NCCCC(=O)O)OC(C)C2. The summed E-state index contributed by atoms with van der Waals surface area (Å²) in [7, 11) is 0. The molecule has 2 rings (SSSR count). The van der Waals surface area contributed by atoms with Gasteiger partial charge in [0.2, 0.25) is 0 Å². The molecule has 0 fully saturated rings. The highest BCUT2D eigenvalue weighted by molar-refractivity contribution is 5.67. The molecule has 2 N–H and O–H groups in total. The first-order chi connectivity index (χ1) is 9.60. The fraction of sp³-hybridized carbons (Fsp3) is 0.533. The third-order valence-electron chi connectivity index (χ3n) is 3.18. The quantitative estimate of drug-likeness (QED) is 0.751. The van der Waals surface area contributed by atoms with E-state index in [-0.39, 0.29) is 12.5 Å². The minimum Gasteiger partial charge on any atom is -0.492 e. The molecule has 0 bridgehead atoms. The van der Waals surface area contributed by atoms with E-state index in [9.17, 15) is 4.79 Å². The molecule has 1 aromatic rings. The standard InChI is InChI=1S/C15H21NO4/c1-3-19-14-8-11-7-10(2)20-13(11)9-12(14)16-6-4-5-15(17)18/h8-10,16H,3-7H2,1-2H3,(H,17,18). The van der Waals surface area contributed by atoms with E-state index in [1.165, 1.54) is 0 Å². The number of hydrogen-bond acceptors (Lipinski definition) is 4. The number of nitrogens with one attached hydrogen (secondary N) is 1. The summed E-state index contributed by atoms with van der Waals surface area (Å²) < 4.78 is 11.4. The van der Waals surface area contributed by atoms with E-state index in [1.807, 2.05) is 26.0 Å². The van der Waals surface area contributed by atoms with Crippen LogP contribution in [0.5, 0.6) is 11.5 Å². The zero-order chi connectivity index (χ0) is 14.5. The average molecular weight is 279 g/mol. The molecule has 0 radical (unpaired) electrons. The molecule has 1 aliphatic rings. The molecule has 20 heavy (non-hydrogen) atoms. The number of ether oxygens (including phenoxy) is 2. The molecule has 110 valence electrons. The fourth-order valence-corrected chi connectivity index (χ4v) is 2.32. The molecule has 0 spiro atoms. The monoisotopic (exact) mass is 279 g/mol. The fourth-order valence-electron chi connectivity index (χ4n) is 2.32. The van der Waals surface area contributed by atoms with Gasteiger partial charge in [0.05, 0.1) is 12.3 Å². The summed E-state index contributed by atoms with van der Waals surface area (Å²) in [5.41, 5.74) is 2.03. The third-order valence-corrected chi connectivity index (χ3v) is 3.18. The molecule has 1 aromatic carbocycles. The second kappa shape index (κ2) is 6.50. The van der Waals surface area contributed by atoms with Crippen LogP contribution in [0.4, 0.5) is 5.69 Å². The zero-order valence-electron chi connectivity index (χ0n) is 11.9. The molecule has 0 saturated heterocycles. The van der Waals surface area contributed by atoms with Crippen molar-refractivity contribution in [3.05, 3.63) is 17.7 Å². The van der Waals surface area contributed by atoms with Crippen LogP contribution in [0.1, 0.15) is 32.3 Å². The normalized spacial score (nSPS) is 16.4. The van der Waals surface area contributed by atoms with Crippen molar-refractivity contribution in [3.8, 4) is 11.5 Å². The summed E-state index contributed by atoms with van der Waals surface area (Å²) in [4.78, 5) is 10.5. The van der Waals surface area contributed by atoms with Crippen molar-refractivity contribution in [1.82, 2.24) is 0 Å². The number of aliphatic carboxylic acids is 1. The number of anilines is 1. The van der Waals surface area contributed by atoms with Crippen LogP contribution in [0.15, 0.2) is 12.1 Å². The Bertz CT molecular complexity index is 487. The van der Waals surface area contributed by atoms with Crippen molar-refractivity contribution in [2.45, 2.75) is 39.2 Å². The lowest BCUT2D eigenvalue weighted by Gasteiger charge is -2.14. The van der Waals surface area contributed by atoms with Crippen molar-refractivity contribution in [2.75, 3.05) is 18.5 Å². The second-order valence-electron chi connectivity index (χ2n) is 4.95. The Labute approximate surface area is 118 Å². The highest BCUT2D eigenvalue weighted by Gasteiger charge is 2.21. The summed E-state index contributed by atoms with van der Waals surface area (Å²) >= 11 is 0. The Balaban J connectivity index is 2.06. The van der Waals surface area contributed by atoms with Gasteiger partial charge in [-0.3, -0.25) is 4.79 Å². The maximum Gasteiger partial charge on any atom is 0.303 e. The van der Waals surface area contributed by atoms with Crippen molar-refractivity contribution in [3.63, 3.8) is 0 Å². The van der Waals surface area contributed by atoms with Crippen molar-refractivity contribution in [1.29, 1.82) is 0 Å². The lowest BCUT2D eigenvalue weighted by molar-refractivity contribution is -0.137. The third kappa shape index (κ3) is 3.56. The maximum absolute atomic E-state index is 10.5. The van der Waals surface area contributed by atoms with Gasteiger partial charge in [-0.15, -0.1) is 0 Å². The van der Waals surface area contributed by atoms with E-state index in [2.05, 4.69) is 5.32 Å². The summed E-state index contributed by atoms with van der Waals surface area (Å²) in [6, 6.07) is 3.96. The molecular formula is C15H21NO4. The molecule has 0 aromatic heterocycles. The van der Waals surface area contributed by atoms with Gasteiger partial charge < -0.3 is 19.9 Å². The van der Waals surface area contributed by atoms with Gasteiger partial charge in [-0.2, -0.15) is 0 Å². The molecule has 5 nitrogen and oxygen atoms in total. The Kier molecular flexibility index (Phi) is 4.71. The number of carboxylic acids is 1. The van der Waals surface area contributed by atoms with Crippen LogP contribution in [-0.4, -0.2) is 30.3 Å². The number of carbonyl (C=O) groups is 1. The first kappa shape index (κ1) is 14.5. The topological polar surface area (TPSA) is 67.8 Å². The van der Waals surface area contributed by atoms with Crippen LogP contribution < -0.4 is 14.8 Å². The van der Waals surface area contributed by atoms with Crippen LogP contribution in [0.25, 0.3) is 0 Å². The average Bonchev–Trinajstić information content (AvgIpc) is 2.74. The molecule has 0 saturated carbocycles. The van der Waals surface area contributed by atoms with E-state index in [4.69, 9.17) is 14.6 Å². The Hall–Kier alpha value is -1.91. The zero-order valence-corrected chi connectivity index (χ0v) is 11.9. The number of hydrogen-bond donors (Lipinski definition) is 2. The molecule has 1 aliphatic heterocycles. The van der Waals surface area contributed by atoms with Crippen molar-refractivity contribution < 1.29 is 19.4 Å². The van der Waals surface area contributed by atoms with Crippen LogP contribution in [0.3, 0.4) is 0 Å². The molecule has 1 unspecified atom stereocenters. The van der Waals surface area contributed by atoms with Gasteiger partial charge in [0, 0.05) is 31.0 Å². The number of carboxylic acid groups (broad SMARTS) is 1. The predicted molar refractivity (Wildman–Crippen MR) is 76.8 cm³/mol. The van der Waals surface area contributed by atoms with Gasteiger partial charge >= 0.3 is 5.97 Å². The molecule has 1 atom stereocenters. The largest absolute Gasteiger partial charge is 0.492 e. The summed E-state index contributed by atoms with van der Waals surface area (Å²) in [5.74, 6) is 0.920. The van der Waals surface area contributed by atoms with E-state index in [0.29, 0.717) is 19.6 Å². The van der Waals surface area contributed by atoms with E-state index in [0.717, 1.165) is 29.2 Å². The van der Waals surface area contributed by atoms with Crippen molar-refractivity contribution >= 4 is 11.7 Å². The highest BCUT2D eigenvalue weighted by Crippen LogP contribution is 2.37. The second-order valence-corrected chi connectivity index (χ2v) is 4.95. The molecule has 0 aliphatic carbocycles. The minimum absolute atomic E-state index is 0.162. The summed E-state index contributed by atoms with van der Waals surface area (Å²) in [6.45, 7) is 5.18. The van der Waals surface area contributed by atoms with E-state index in [1.54, 1.807) is 0 Å². The summed E-state index contributed by atoms with van der Waals surface area (Å²) in [5, 5.41) is 11.9. The predicted octanol–water partition coefficient (Wildman–Crippen LogP) is 2.69. The van der Waals surface area contributed by atoms with Gasteiger partial charge in [0.15, 0.2) is 0 Å². The van der Waals surface area contributed by atoms with Crippen molar-refractivity contribution in [2.24, 2.45) is 0 Å². The smallest absolute Gasteiger partial charge is 0.303 e. The molecule has 1 heterocycles. The summed E-state index contributed by atoms with van der Waals surface area (Å²) in [6.07, 6.45) is 1.83. The van der Waals surface area contributed by atoms with Gasteiger partial charge in [0.25, 0.3) is 0 Å². The Morgan fingerprint density at radius 3 is 3.05 bits per heavy atom. The van der Waals surface area contributed by atoms with Crippen LogP contribution in [0, 0.1) is 0 Å². The first-order valence-corrected chi connectivity index (χ1v) is 7.02. The van der Waals surface area contributed by atoms with Gasteiger partial charge in [-0.05, 0) is 26.3 Å². The van der Waals surface area contributed by atoms with Gasteiger partial charge in [0.1, 0.15) is 17.6 Å². The molecule has 5 heteroatoms. The lowest BCUT2D eigenvalue weighted by atomic mass is 10.1. The first-order valence-electron chi connectivity index (χ1n) is 7.02. The Morgan fingerprint density at radius 1 is 1.55 bits per heavy atom. The Morgan fingerprint density at radius 2 is 2.35 bits per heavy atom. The number of fused-ring (bicyclic) bond motifs is 1. The molecular weight excluding hydrogens is 258 g/mol. The number of rotatable bonds is 7. The lowest BCUT2D eigenvalue weighted by Crippen LogP contribution is -2.07. The number of benzene rings is 1.